The topological polar surface area (TPSA) is 29.5 Å². The number of ether oxygens (including phenoxy) is 1. The van der Waals surface area contributed by atoms with E-state index in [-0.39, 0.29) is 5.92 Å². The molecular formula is C27H36O2. The summed E-state index contributed by atoms with van der Waals surface area (Å²) in [5.41, 5.74) is 3.65. The Balaban J connectivity index is 1.27. The van der Waals surface area contributed by atoms with E-state index in [9.17, 15) is 5.11 Å². The number of hydrogen-bond acceptors (Lipinski definition) is 2. The predicted octanol–water partition coefficient (Wildman–Crippen LogP) is 6.99. The van der Waals surface area contributed by atoms with Gasteiger partial charge in [-0.1, -0.05) is 61.7 Å². The van der Waals surface area contributed by atoms with Crippen LogP contribution in [0.3, 0.4) is 0 Å². The number of aliphatic hydroxyl groups excluding tert-OH is 1. The van der Waals surface area contributed by atoms with Crippen LogP contribution >= 0.6 is 0 Å². The van der Waals surface area contributed by atoms with Crippen LogP contribution in [0.1, 0.15) is 63.9 Å². The van der Waals surface area contributed by atoms with Crippen LogP contribution in [0.4, 0.5) is 0 Å². The summed E-state index contributed by atoms with van der Waals surface area (Å²) in [7, 11) is 0. The molecule has 2 nitrogen and oxygen atoms in total. The fourth-order valence-electron chi connectivity index (χ4n) is 5.37. The van der Waals surface area contributed by atoms with Crippen molar-refractivity contribution in [3.05, 3.63) is 54.1 Å². The third-order valence-corrected chi connectivity index (χ3v) is 7.44. The lowest BCUT2D eigenvalue weighted by Gasteiger charge is -2.38. The van der Waals surface area contributed by atoms with Crippen LogP contribution in [0, 0.1) is 30.6 Å². The Bertz CT molecular complexity index is 748. The first-order valence-electron chi connectivity index (χ1n) is 11.6. The fourth-order valence-corrected chi connectivity index (χ4v) is 5.37. The van der Waals surface area contributed by atoms with Gasteiger partial charge in [0.2, 0.25) is 0 Å². The average molecular weight is 393 g/mol. The zero-order chi connectivity index (χ0) is 20.2. The second kappa shape index (κ2) is 9.34. The molecule has 0 heterocycles. The van der Waals surface area contributed by atoms with Crippen molar-refractivity contribution in [3.63, 3.8) is 0 Å². The normalized spacial score (nSPS) is 28.7. The molecule has 29 heavy (non-hydrogen) atoms. The highest BCUT2D eigenvalue weighted by atomic mass is 16.6. The molecule has 2 aliphatic carbocycles. The molecule has 0 aliphatic heterocycles. The highest BCUT2D eigenvalue weighted by molar-refractivity contribution is 5.64. The summed E-state index contributed by atoms with van der Waals surface area (Å²) < 4.78 is 5.91. The van der Waals surface area contributed by atoms with Crippen molar-refractivity contribution in [2.75, 3.05) is 0 Å². The number of benzene rings is 2. The second-order valence-electron chi connectivity index (χ2n) is 9.59. The van der Waals surface area contributed by atoms with Gasteiger partial charge in [0.05, 0.1) is 0 Å². The maximum absolute atomic E-state index is 10.7. The van der Waals surface area contributed by atoms with Gasteiger partial charge in [0.1, 0.15) is 5.75 Å². The van der Waals surface area contributed by atoms with Gasteiger partial charge in [0.15, 0.2) is 6.29 Å². The van der Waals surface area contributed by atoms with Gasteiger partial charge in [-0.15, -0.1) is 0 Å². The van der Waals surface area contributed by atoms with Gasteiger partial charge in [0.25, 0.3) is 0 Å². The van der Waals surface area contributed by atoms with Gasteiger partial charge in [-0.25, -0.2) is 0 Å². The van der Waals surface area contributed by atoms with Crippen LogP contribution in [-0.4, -0.2) is 11.4 Å². The molecule has 4 rings (SSSR count). The third kappa shape index (κ3) is 5.22. The fraction of sp³-hybridized carbons (Fsp3) is 0.556. The lowest BCUT2D eigenvalue weighted by molar-refractivity contribution is -0.0785. The van der Waals surface area contributed by atoms with Crippen molar-refractivity contribution in [1.82, 2.24) is 0 Å². The van der Waals surface area contributed by atoms with E-state index in [0.717, 1.165) is 36.3 Å². The molecule has 0 spiro atoms. The molecule has 0 saturated heterocycles. The van der Waals surface area contributed by atoms with Crippen LogP contribution in [0.15, 0.2) is 48.5 Å². The standard InChI is InChI=1S/C27H36O2/c1-19-3-7-21(8-4-19)23-11-13-25(14-12-23)27(28)29-26-17-15-24(16-18-26)22-9-5-20(2)6-10-22/h5-6,9-10,15-19,21,23,25,27-28H,3-4,7-8,11-14H2,1-2H3. The zero-order valence-corrected chi connectivity index (χ0v) is 18.0. The van der Waals surface area contributed by atoms with Crippen LogP contribution in [-0.2, 0) is 0 Å². The molecular weight excluding hydrogens is 356 g/mol. The monoisotopic (exact) mass is 392 g/mol. The smallest absolute Gasteiger partial charge is 0.200 e. The van der Waals surface area contributed by atoms with Crippen LogP contribution in [0.2, 0.25) is 0 Å². The molecule has 2 heteroatoms. The summed E-state index contributed by atoms with van der Waals surface area (Å²) in [5.74, 6) is 3.76. The minimum atomic E-state index is -0.687. The molecule has 0 aromatic heterocycles. The first-order valence-corrected chi connectivity index (χ1v) is 11.6. The van der Waals surface area contributed by atoms with E-state index < -0.39 is 6.29 Å². The molecule has 0 bridgehead atoms. The highest BCUT2D eigenvalue weighted by Crippen LogP contribution is 2.42. The first-order chi connectivity index (χ1) is 14.1. The summed E-state index contributed by atoms with van der Waals surface area (Å²) in [6.45, 7) is 4.50. The van der Waals surface area contributed by atoms with Gasteiger partial charge in [-0.3, -0.25) is 0 Å². The van der Waals surface area contributed by atoms with Crippen LogP contribution in [0.25, 0.3) is 11.1 Å². The maximum atomic E-state index is 10.7. The Morgan fingerprint density at radius 1 is 0.724 bits per heavy atom. The van der Waals surface area contributed by atoms with Crippen molar-refractivity contribution in [3.8, 4) is 16.9 Å². The predicted molar refractivity (Wildman–Crippen MR) is 120 cm³/mol. The van der Waals surface area contributed by atoms with Crippen molar-refractivity contribution in [1.29, 1.82) is 0 Å². The minimum absolute atomic E-state index is 0.269. The van der Waals surface area contributed by atoms with E-state index >= 15 is 0 Å². The van der Waals surface area contributed by atoms with E-state index in [4.69, 9.17) is 4.74 Å². The molecule has 2 aromatic carbocycles. The molecule has 2 aromatic rings. The van der Waals surface area contributed by atoms with Crippen molar-refractivity contribution in [2.45, 2.75) is 71.5 Å². The summed E-state index contributed by atoms with van der Waals surface area (Å²) in [6, 6.07) is 16.7. The van der Waals surface area contributed by atoms with Gasteiger partial charge in [-0.2, -0.15) is 0 Å². The van der Waals surface area contributed by atoms with E-state index in [1.165, 1.54) is 55.2 Å². The summed E-state index contributed by atoms with van der Waals surface area (Å²) in [5, 5.41) is 10.7. The molecule has 1 atom stereocenters. The quantitative estimate of drug-likeness (QED) is 0.556. The van der Waals surface area contributed by atoms with Gasteiger partial charge < -0.3 is 9.84 Å². The van der Waals surface area contributed by atoms with Gasteiger partial charge >= 0.3 is 0 Å². The SMILES string of the molecule is Cc1ccc(-c2ccc(OC(O)C3CCC(C4CCC(C)CC4)CC3)cc2)cc1. The molecule has 0 radical (unpaired) electrons. The van der Waals surface area contributed by atoms with Crippen molar-refractivity contribution < 1.29 is 9.84 Å². The summed E-state index contributed by atoms with van der Waals surface area (Å²) in [6.07, 6.45) is 9.69. The minimum Gasteiger partial charge on any atom is -0.465 e. The molecule has 0 amide bonds. The Morgan fingerprint density at radius 3 is 1.76 bits per heavy atom. The van der Waals surface area contributed by atoms with Crippen LogP contribution in [0.5, 0.6) is 5.75 Å². The average Bonchev–Trinajstić information content (AvgIpc) is 2.76. The summed E-state index contributed by atoms with van der Waals surface area (Å²) in [4.78, 5) is 0. The molecule has 2 fully saturated rings. The Kier molecular flexibility index (Phi) is 6.60. The maximum Gasteiger partial charge on any atom is 0.200 e. The largest absolute Gasteiger partial charge is 0.465 e. The summed E-state index contributed by atoms with van der Waals surface area (Å²) >= 11 is 0. The van der Waals surface area contributed by atoms with Crippen molar-refractivity contribution >= 4 is 0 Å². The molecule has 2 saturated carbocycles. The number of rotatable bonds is 5. The number of aryl methyl sites for hydroxylation is 1. The molecule has 2 aliphatic rings. The first kappa shape index (κ1) is 20.5. The lowest BCUT2D eigenvalue weighted by Crippen LogP contribution is -2.32. The molecule has 1 N–H and O–H groups in total. The van der Waals surface area contributed by atoms with E-state index in [1.807, 2.05) is 12.1 Å². The van der Waals surface area contributed by atoms with Gasteiger partial charge in [-0.05, 0) is 86.5 Å². The number of aliphatic hydroxyl groups is 1. The van der Waals surface area contributed by atoms with E-state index in [0.29, 0.717) is 0 Å². The van der Waals surface area contributed by atoms with Gasteiger partial charge in [0, 0.05) is 5.92 Å². The molecule has 1 unspecified atom stereocenters. The van der Waals surface area contributed by atoms with Crippen molar-refractivity contribution in [2.24, 2.45) is 23.7 Å². The molecule has 156 valence electrons. The second-order valence-corrected chi connectivity index (χ2v) is 9.59. The van der Waals surface area contributed by atoms with E-state index in [1.54, 1.807) is 0 Å². The zero-order valence-electron chi connectivity index (χ0n) is 18.0. The Morgan fingerprint density at radius 2 is 1.21 bits per heavy atom. The third-order valence-electron chi connectivity index (χ3n) is 7.44. The highest BCUT2D eigenvalue weighted by Gasteiger charge is 2.32. The Labute approximate surface area is 176 Å². The Hall–Kier alpha value is -1.80. The van der Waals surface area contributed by atoms with Crippen LogP contribution < -0.4 is 4.74 Å². The van der Waals surface area contributed by atoms with E-state index in [2.05, 4.69) is 50.2 Å². The lowest BCUT2D eigenvalue weighted by atomic mass is 9.69. The number of hydrogen-bond donors (Lipinski definition) is 1.